The van der Waals surface area contributed by atoms with Crippen molar-refractivity contribution < 1.29 is 4.79 Å². The Bertz CT molecular complexity index is 734. The Kier molecular flexibility index (Phi) is 6.01. The van der Waals surface area contributed by atoms with Crippen LogP contribution in [0.25, 0.3) is 5.69 Å². The van der Waals surface area contributed by atoms with Crippen molar-refractivity contribution in [1.29, 1.82) is 0 Å². The molecule has 1 amide bonds. The summed E-state index contributed by atoms with van der Waals surface area (Å²) >= 11 is 1.44. The predicted molar refractivity (Wildman–Crippen MR) is 106 cm³/mol. The van der Waals surface area contributed by atoms with Crippen LogP contribution in [0.2, 0.25) is 0 Å². The number of thioether (sulfide) groups is 1. The zero-order chi connectivity index (χ0) is 18.7. The molecule has 0 spiro atoms. The zero-order valence-electron chi connectivity index (χ0n) is 16.1. The number of hydrogen-bond acceptors (Lipinski definition) is 4. The van der Waals surface area contributed by atoms with Gasteiger partial charge in [0.1, 0.15) is 5.82 Å². The molecule has 6 heteroatoms. The molecule has 1 aliphatic heterocycles. The second-order valence-corrected chi connectivity index (χ2v) is 8.32. The van der Waals surface area contributed by atoms with Gasteiger partial charge in [0.2, 0.25) is 11.1 Å². The first kappa shape index (κ1) is 19.0. The van der Waals surface area contributed by atoms with Crippen LogP contribution >= 0.6 is 11.8 Å². The standard InChI is InChI=1S/C20H28N4OS/c1-14(2)19-21-20(22-24(19)17-11-6-5-7-12-17)26-13-18(25)23-15(3)9-8-10-16(23)4/h5-7,11-12,14-16H,8-10,13H2,1-4H3/t15-,16+. The monoisotopic (exact) mass is 372 g/mol. The minimum absolute atomic E-state index is 0.192. The smallest absolute Gasteiger partial charge is 0.233 e. The minimum Gasteiger partial charge on any atom is -0.337 e. The summed E-state index contributed by atoms with van der Waals surface area (Å²) < 4.78 is 1.89. The molecule has 0 saturated carbocycles. The molecule has 1 aromatic heterocycles. The van der Waals surface area contributed by atoms with E-state index < -0.39 is 0 Å². The molecule has 5 nitrogen and oxygen atoms in total. The van der Waals surface area contributed by atoms with Gasteiger partial charge in [-0.05, 0) is 45.2 Å². The predicted octanol–water partition coefficient (Wildman–Crippen LogP) is 4.27. The average molecular weight is 373 g/mol. The molecule has 1 aliphatic rings. The van der Waals surface area contributed by atoms with Crippen molar-refractivity contribution in [2.24, 2.45) is 0 Å². The van der Waals surface area contributed by atoms with E-state index in [0.717, 1.165) is 24.4 Å². The molecule has 0 N–H and O–H groups in total. The van der Waals surface area contributed by atoms with Crippen molar-refractivity contribution >= 4 is 17.7 Å². The Morgan fingerprint density at radius 2 is 1.85 bits per heavy atom. The lowest BCUT2D eigenvalue weighted by Crippen LogP contribution is -2.48. The van der Waals surface area contributed by atoms with Crippen molar-refractivity contribution in [3.63, 3.8) is 0 Å². The van der Waals surface area contributed by atoms with Crippen LogP contribution in [0.4, 0.5) is 0 Å². The molecule has 1 aromatic carbocycles. The van der Waals surface area contributed by atoms with E-state index in [9.17, 15) is 4.79 Å². The van der Waals surface area contributed by atoms with Crippen LogP contribution in [0.3, 0.4) is 0 Å². The van der Waals surface area contributed by atoms with Crippen molar-refractivity contribution in [2.75, 3.05) is 5.75 Å². The van der Waals surface area contributed by atoms with Crippen LogP contribution in [0.1, 0.15) is 58.7 Å². The summed E-state index contributed by atoms with van der Waals surface area (Å²) in [5, 5.41) is 5.32. The van der Waals surface area contributed by atoms with Crippen molar-refractivity contribution in [1.82, 2.24) is 19.7 Å². The zero-order valence-corrected chi connectivity index (χ0v) is 16.9. The van der Waals surface area contributed by atoms with Gasteiger partial charge in [-0.3, -0.25) is 4.79 Å². The second-order valence-electron chi connectivity index (χ2n) is 7.37. The van der Waals surface area contributed by atoms with E-state index in [-0.39, 0.29) is 11.8 Å². The fraction of sp³-hybridized carbons (Fsp3) is 0.550. The lowest BCUT2D eigenvalue weighted by atomic mass is 9.98. The van der Waals surface area contributed by atoms with E-state index in [1.54, 1.807) is 0 Å². The van der Waals surface area contributed by atoms with Crippen molar-refractivity contribution in [3.05, 3.63) is 36.2 Å². The number of carbonyl (C=O) groups is 1. The van der Waals surface area contributed by atoms with Crippen LogP contribution in [0.15, 0.2) is 35.5 Å². The highest BCUT2D eigenvalue weighted by Crippen LogP contribution is 2.26. The summed E-state index contributed by atoms with van der Waals surface area (Å²) in [5.74, 6) is 1.77. The molecule has 0 aliphatic carbocycles. The lowest BCUT2D eigenvalue weighted by Gasteiger charge is -2.39. The van der Waals surface area contributed by atoms with Gasteiger partial charge in [-0.25, -0.2) is 9.67 Å². The number of hydrogen-bond donors (Lipinski definition) is 0. The average Bonchev–Trinajstić information content (AvgIpc) is 3.05. The summed E-state index contributed by atoms with van der Waals surface area (Å²) in [6, 6.07) is 10.7. The number of para-hydroxylation sites is 1. The molecule has 3 rings (SSSR count). The van der Waals surface area contributed by atoms with Crippen LogP contribution in [0.5, 0.6) is 0 Å². The van der Waals surface area contributed by atoms with Crippen molar-refractivity contribution in [3.8, 4) is 5.69 Å². The van der Waals surface area contributed by atoms with Gasteiger partial charge in [0.25, 0.3) is 0 Å². The van der Waals surface area contributed by atoms with Crippen LogP contribution < -0.4 is 0 Å². The minimum atomic E-state index is 0.192. The van der Waals surface area contributed by atoms with E-state index in [4.69, 9.17) is 0 Å². The number of benzene rings is 1. The van der Waals surface area contributed by atoms with Gasteiger partial charge in [-0.1, -0.05) is 43.8 Å². The summed E-state index contributed by atoms with van der Waals surface area (Å²) in [6.07, 6.45) is 3.40. The lowest BCUT2D eigenvalue weighted by molar-refractivity contribution is -0.134. The maximum Gasteiger partial charge on any atom is 0.233 e. The largest absolute Gasteiger partial charge is 0.337 e. The third kappa shape index (κ3) is 4.11. The highest BCUT2D eigenvalue weighted by Gasteiger charge is 2.29. The molecule has 1 fully saturated rings. The van der Waals surface area contributed by atoms with Gasteiger partial charge in [0, 0.05) is 18.0 Å². The molecule has 2 heterocycles. The summed E-state index contributed by atoms with van der Waals surface area (Å²) in [6.45, 7) is 8.52. The van der Waals surface area contributed by atoms with Gasteiger partial charge in [-0.15, -0.1) is 5.10 Å². The molecular formula is C20H28N4OS. The number of nitrogens with zero attached hydrogens (tertiary/aromatic N) is 4. The first-order chi connectivity index (χ1) is 12.5. The van der Waals surface area contributed by atoms with Gasteiger partial charge < -0.3 is 4.90 Å². The summed E-state index contributed by atoms with van der Waals surface area (Å²) in [5.41, 5.74) is 1.00. The number of rotatable bonds is 5. The Morgan fingerprint density at radius 1 is 1.19 bits per heavy atom. The number of piperidine rings is 1. The molecule has 2 aromatic rings. The quantitative estimate of drug-likeness (QED) is 0.736. The highest BCUT2D eigenvalue weighted by molar-refractivity contribution is 7.99. The van der Waals surface area contributed by atoms with Crippen molar-refractivity contribution in [2.45, 2.75) is 70.1 Å². The molecule has 1 saturated heterocycles. The third-order valence-electron chi connectivity index (χ3n) is 4.94. The second kappa shape index (κ2) is 8.25. The number of amides is 1. The van der Waals surface area contributed by atoms with E-state index in [1.807, 2.05) is 39.9 Å². The van der Waals surface area contributed by atoms with Crippen LogP contribution in [-0.4, -0.2) is 43.4 Å². The molecular weight excluding hydrogens is 344 g/mol. The number of aromatic nitrogens is 3. The molecule has 0 radical (unpaired) electrons. The Balaban J connectivity index is 1.73. The normalized spacial score (nSPS) is 20.6. The molecule has 0 bridgehead atoms. The fourth-order valence-corrected chi connectivity index (χ4v) is 4.31. The topological polar surface area (TPSA) is 51.0 Å². The van der Waals surface area contributed by atoms with E-state index in [1.165, 1.54) is 18.2 Å². The van der Waals surface area contributed by atoms with Crippen LogP contribution in [-0.2, 0) is 4.79 Å². The Labute approximate surface area is 160 Å². The third-order valence-corrected chi connectivity index (χ3v) is 5.76. The molecule has 140 valence electrons. The van der Waals surface area contributed by atoms with Gasteiger partial charge in [0.15, 0.2) is 0 Å². The SMILES string of the molecule is CC(C)c1nc(SCC(=O)N2[C@H](C)CCC[C@@H]2C)nn1-c1ccccc1. The fourth-order valence-electron chi connectivity index (χ4n) is 3.61. The van der Waals surface area contributed by atoms with E-state index >= 15 is 0 Å². The number of carbonyl (C=O) groups excluding carboxylic acids is 1. The summed E-state index contributed by atoms with van der Waals surface area (Å²) in [7, 11) is 0. The van der Waals surface area contributed by atoms with E-state index in [0.29, 0.717) is 23.0 Å². The Morgan fingerprint density at radius 3 is 2.46 bits per heavy atom. The molecule has 26 heavy (non-hydrogen) atoms. The van der Waals surface area contributed by atoms with Gasteiger partial charge in [0.05, 0.1) is 11.4 Å². The summed E-state index contributed by atoms with van der Waals surface area (Å²) in [4.78, 5) is 19.5. The van der Waals surface area contributed by atoms with Crippen LogP contribution in [0, 0.1) is 0 Å². The highest BCUT2D eigenvalue weighted by atomic mass is 32.2. The first-order valence-corrected chi connectivity index (χ1v) is 10.4. The number of likely N-dealkylation sites (tertiary alicyclic amines) is 1. The molecule has 0 unspecified atom stereocenters. The maximum absolute atomic E-state index is 12.7. The first-order valence-electron chi connectivity index (χ1n) is 9.43. The maximum atomic E-state index is 12.7. The molecule has 2 atom stereocenters. The Hall–Kier alpha value is -1.82. The van der Waals surface area contributed by atoms with Gasteiger partial charge >= 0.3 is 0 Å². The van der Waals surface area contributed by atoms with E-state index in [2.05, 4.69) is 37.8 Å². The van der Waals surface area contributed by atoms with Gasteiger partial charge in [-0.2, -0.15) is 0 Å².